The molecule has 176 valence electrons. The van der Waals surface area contributed by atoms with Crippen molar-refractivity contribution < 1.29 is 38.9 Å². The molecule has 0 aromatic rings. The first-order valence-electron chi connectivity index (χ1n) is 10.4. The number of carbonyl (C=O) groups excluding carboxylic acids is 2. The Morgan fingerprint density at radius 1 is 1.03 bits per heavy atom. The number of rotatable bonds is 16. The van der Waals surface area contributed by atoms with Crippen LogP contribution in [0.15, 0.2) is 0 Å². The minimum Gasteiger partial charge on any atom is -0.481 e. The summed E-state index contributed by atoms with van der Waals surface area (Å²) in [5, 5.41) is 26.3. The summed E-state index contributed by atoms with van der Waals surface area (Å²) in [7, 11) is 0. The van der Waals surface area contributed by atoms with Gasteiger partial charge in [-0.25, -0.2) is 4.79 Å². The number of ether oxygens (including phenoxy) is 2. The van der Waals surface area contributed by atoms with Crippen molar-refractivity contribution in [2.24, 2.45) is 0 Å². The molecule has 2 saturated heterocycles. The van der Waals surface area contributed by atoms with Gasteiger partial charge in [0.2, 0.25) is 5.91 Å². The highest BCUT2D eigenvalue weighted by molar-refractivity contribution is 8.00. The molecular formula is C19H31N3O8S. The van der Waals surface area contributed by atoms with Gasteiger partial charge in [-0.1, -0.05) is 6.42 Å². The van der Waals surface area contributed by atoms with Gasteiger partial charge in [0.15, 0.2) is 0 Å². The molecule has 3 atom stereocenters. The van der Waals surface area contributed by atoms with E-state index in [9.17, 15) is 19.2 Å². The molecule has 12 heteroatoms. The van der Waals surface area contributed by atoms with E-state index in [1.54, 1.807) is 0 Å². The maximum atomic E-state index is 12.3. The molecule has 0 unspecified atom stereocenters. The number of carboxylic acids is 2. The van der Waals surface area contributed by atoms with Crippen molar-refractivity contribution in [1.29, 1.82) is 0 Å². The topological polar surface area (TPSA) is 163 Å². The van der Waals surface area contributed by atoms with Gasteiger partial charge in [-0.15, -0.1) is 0 Å². The quantitative estimate of drug-likeness (QED) is 0.159. The maximum Gasteiger partial charge on any atom is 0.315 e. The lowest BCUT2D eigenvalue weighted by Gasteiger charge is -2.19. The zero-order valence-electron chi connectivity index (χ0n) is 17.3. The number of urea groups is 1. The minimum atomic E-state index is -0.974. The van der Waals surface area contributed by atoms with Crippen LogP contribution < -0.4 is 16.0 Å². The van der Waals surface area contributed by atoms with Crippen LogP contribution in [0.25, 0.3) is 0 Å². The van der Waals surface area contributed by atoms with Crippen molar-refractivity contribution in [3.8, 4) is 0 Å². The van der Waals surface area contributed by atoms with Gasteiger partial charge in [0, 0.05) is 17.4 Å². The summed E-state index contributed by atoms with van der Waals surface area (Å²) in [6.07, 6.45) is 2.53. The first kappa shape index (κ1) is 25.2. The predicted octanol–water partition coefficient (Wildman–Crippen LogP) is 0.180. The summed E-state index contributed by atoms with van der Waals surface area (Å²) in [5.41, 5.74) is 0. The summed E-state index contributed by atoms with van der Waals surface area (Å²) in [6, 6.07) is -0.252. The van der Waals surface area contributed by atoms with E-state index in [0.717, 1.165) is 18.6 Å². The zero-order valence-corrected chi connectivity index (χ0v) is 18.2. The average Bonchev–Trinajstić information content (AvgIpc) is 3.24. The number of nitrogens with one attached hydrogen (secondary N) is 3. The molecule has 2 fully saturated rings. The molecule has 0 saturated carbocycles. The van der Waals surface area contributed by atoms with E-state index in [1.807, 2.05) is 11.8 Å². The van der Waals surface area contributed by atoms with Gasteiger partial charge in [-0.3, -0.25) is 14.4 Å². The smallest absolute Gasteiger partial charge is 0.315 e. The molecule has 0 aliphatic carbocycles. The van der Waals surface area contributed by atoms with Gasteiger partial charge in [-0.2, -0.15) is 11.8 Å². The Kier molecular flexibility index (Phi) is 10.9. The second-order valence-corrected chi connectivity index (χ2v) is 8.84. The van der Waals surface area contributed by atoms with E-state index in [-0.39, 0.29) is 63.3 Å². The Balaban J connectivity index is 1.64. The Morgan fingerprint density at radius 2 is 1.68 bits per heavy atom. The predicted molar refractivity (Wildman–Crippen MR) is 112 cm³/mol. The fourth-order valence-corrected chi connectivity index (χ4v) is 5.02. The van der Waals surface area contributed by atoms with Crippen LogP contribution in [0, 0.1) is 0 Å². The highest BCUT2D eigenvalue weighted by Crippen LogP contribution is 2.33. The SMILES string of the molecule is O=C(O)CCOCC(COCCC(=O)O)NC(=O)CCCC[C@@H]1SC[C@@H]2NC(=O)N[C@@H]21. The fourth-order valence-electron chi connectivity index (χ4n) is 3.48. The van der Waals surface area contributed by atoms with Crippen LogP contribution in [-0.4, -0.2) is 89.6 Å². The molecule has 0 radical (unpaired) electrons. The van der Waals surface area contributed by atoms with Gasteiger partial charge in [-0.05, 0) is 12.8 Å². The Labute approximate surface area is 185 Å². The first-order chi connectivity index (χ1) is 14.8. The summed E-state index contributed by atoms with van der Waals surface area (Å²) >= 11 is 1.84. The largest absolute Gasteiger partial charge is 0.481 e. The number of hydrogen-bond acceptors (Lipinski definition) is 7. The van der Waals surface area contributed by atoms with E-state index in [2.05, 4.69) is 16.0 Å². The van der Waals surface area contributed by atoms with Crippen LogP contribution >= 0.6 is 11.8 Å². The molecule has 0 bridgehead atoms. The lowest BCUT2D eigenvalue weighted by molar-refractivity contribution is -0.139. The van der Waals surface area contributed by atoms with Crippen LogP contribution in [0.4, 0.5) is 4.79 Å². The number of fused-ring (bicyclic) bond motifs is 1. The van der Waals surface area contributed by atoms with Gasteiger partial charge in [0.05, 0.1) is 57.4 Å². The maximum absolute atomic E-state index is 12.3. The molecule has 31 heavy (non-hydrogen) atoms. The van der Waals surface area contributed by atoms with Crippen LogP contribution in [0.1, 0.15) is 38.5 Å². The molecule has 2 aliphatic rings. The number of unbranched alkanes of at least 4 members (excludes halogenated alkanes) is 1. The molecular weight excluding hydrogens is 430 g/mol. The van der Waals surface area contributed by atoms with Crippen molar-refractivity contribution in [1.82, 2.24) is 16.0 Å². The van der Waals surface area contributed by atoms with Crippen LogP contribution in [0.5, 0.6) is 0 Å². The molecule has 3 amide bonds. The third-order valence-electron chi connectivity index (χ3n) is 5.00. The third-order valence-corrected chi connectivity index (χ3v) is 6.51. The number of amides is 3. The Hall–Kier alpha value is -2.05. The Bertz CT molecular complexity index is 613. The van der Waals surface area contributed by atoms with Crippen molar-refractivity contribution >= 4 is 35.6 Å². The summed E-state index contributed by atoms with van der Waals surface area (Å²) < 4.78 is 10.6. The third kappa shape index (κ3) is 9.74. The molecule has 11 nitrogen and oxygen atoms in total. The molecule has 0 aromatic heterocycles. The average molecular weight is 462 g/mol. The standard InChI is InChI=1S/C19H31N3O8S/c23-15(4-2-1-3-14-18-13(11-31-14)21-19(28)22-18)20-12(9-29-7-5-16(24)25)10-30-8-6-17(26)27/h12-14,18H,1-11H2,(H,20,23)(H,24,25)(H,26,27)(H2,21,22,28)/t13-,14-,18-/m0/s1. The van der Waals surface area contributed by atoms with Crippen molar-refractivity contribution in [3.63, 3.8) is 0 Å². The van der Waals surface area contributed by atoms with Crippen molar-refractivity contribution in [2.45, 2.75) is 61.9 Å². The molecule has 2 heterocycles. The van der Waals surface area contributed by atoms with Crippen molar-refractivity contribution in [2.75, 3.05) is 32.2 Å². The van der Waals surface area contributed by atoms with Crippen molar-refractivity contribution in [3.05, 3.63) is 0 Å². The van der Waals surface area contributed by atoms with Crippen LogP contribution in [0.2, 0.25) is 0 Å². The van der Waals surface area contributed by atoms with Gasteiger partial charge in [0.25, 0.3) is 0 Å². The zero-order chi connectivity index (χ0) is 22.6. The second-order valence-electron chi connectivity index (χ2n) is 7.57. The molecule has 0 aromatic carbocycles. The van der Waals surface area contributed by atoms with Gasteiger partial charge >= 0.3 is 18.0 Å². The molecule has 2 aliphatic heterocycles. The number of aliphatic carboxylic acids is 2. The highest BCUT2D eigenvalue weighted by Gasteiger charge is 2.42. The number of carbonyl (C=O) groups is 4. The lowest BCUT2D eigenvalue weighted by Crippen LogP contribution is -2.41. The van der Waals surface area contributed by atoms with Gasteiger partial charge < -0.3 is 35.6 Å². The fraction of sp³-hybridized carbons (Fsp3) is 0.789. The van der Waals surface area contributed by atoms with E-state index in [4.69, 9.17) is 19.7 Å². The monoisotopic (exact) mass is 461 g/mol. The highest BCUT2D eigenvalue weighted by atomic mass is 32.2. The lowest BCUT2D eigenvalue weighted by atomic mass is 10.0. The second kappa shape index (κ2) is 13.4. The number of carboxylic acid groups (broad SMARTS) is 2. The summed E-state index contributed by atoms with van der Waals surface area (Å²) in [4.78, 5) is 44.8. The number of hydrogen-bond donors (Lipinski definition) is 5. The van der Waals surface area contributed by atoms with E-state index >= 15 is 0 Å². The first-order valence-corrected chi connectivity index (χ1v) is 11.5. The van der Waals surface area contributed by atoms with E-state index in [1.165, 1.54) is 0 Å². The molecule has 2 rings (SSSR count). The van der Waals surface area contributed by atoms with E-state index in [0.29, 0.717) is 18.1 Å². The normalized spacial score (nSPS) is 22.1. The van der Waals surface area contributed by atoms with Crippen LogP contribution in [0.3, 0.4) is 0 Å². The summed E-state index contributed by atoms with van der Waals surface area (Å²) in [5.74, 6) is -1.21. The van der Waals surface area contributed by atoms with Crippen LogP contribution in [-0.2, 0) is 23.9 Å². The molecule has 0 spiro atoms. The van der Waals surface area contributed by atoms with Gasteiger partial charge in [0.1, 0.15) is 0 Å². The summed E-state index contributed by atoms with van der Waals surface area (Å²) in [6.45, 7) is 0.202. The van der Waals surface area contributed by atoms with E-state index < -0.39 is 18.0 Å². The number of thioether (sulfide) groups is 1. The minimum absolute atomic E-state index is 0.0173. The molecule has 5 N–H and O–H groups in total. The Morgan fingerprint density at radius 3 is 2.29 bits per heavy atom.